The number of rotatable bonds is 6. The second-order valence-electron chi connectivity index (χ2n) is 3.88. The minimum atomic E-state index is 0.756. The molecule has 15 heavy (non-hydrogen) atoms. The van der Waals surface area contributed by atoms with Crippen LogP contribution < -0.4 is 4.74 Å². The molecule has 1 rings (SSSR count). The van der Waals surface area contributed by atoms with Gasteiger partial charge in [0.25, 0.3) is 0 Å². The predicted octanol–water partition coefficient (Wildman–Crippen LogP) is 3.99. The van der Waals surface area contributed by atoms with E-state index in [9.17, 15) is 0 Å². The van der Waals surface area contributed by atoms with E-state index in [-0.39, 0.29) is 0 Å². The van der Waals surface area contributed by atoms with Crippen molar-refractivity contribution in [3.63, 3.8) is 0 Å². The Hall–Kier alpha value is -0.980. The van der Waals surface area contributed by atoms with Crippen LogP contribution in [-0.4, -0.2) is 6.61 Å². The summed E-state index contributed by atoms with van der Waals surface area (Å²) in [5.41, 5.74) is 2.74. The molecule has 0 atom stereocenters. The van der Waals surface area contributed by atoms with Crippen molar-refractivity contribution in [2.75, 3.05) is 6.61 Å². The first-order valence-corrected chi connectivity index (χ1v) is 6.06. The molecule has 1 nitrogen and oxygen atoms in total. The maximum Gasteiger partial charge on any atom is 0.122 e. The molecule has 0 unspecified atom stereocenters. The van der Waals surface area contributed by atoms with Gasteiger partial charge in [0.05, 0.1) is 6.61 Å². The molecule has 0 aliphatic rings. The highest BCUT2D eigenvalue weighted by Crippen LogP contribution is 2.22. The first-order valence-electron chi connectivity index (χ1n) is 6.06. The summed E-state index contributed by atoms with van der Waals surface area (Å²) in [5, 5.41) is 0. The van der Waals surface area contributed by atoms with Crippen molar-refractivity contribution in [2.24, 2.45) is 0 Å². The van der Waals surface area contributed by atoms with Crippen LogP contribution in [0.4, 0.5) is 0 Å². The van der Waals surface area contributed by atoms with E-state index in [2.05, 4.69) is 32.0 Å². The van der Waals surface area contributed by atoms with Crippen LogP contribution in [0.5, 0.6) is 5.75 Å². The predicted molar refractivity (Wildman–Crippen MR) is 65.6 cm³/mol. The SMILES string of the molecule is CCCc1ccc(CCC)c(OCC)c1. The van der Waals surface area contributed by atoms with E-state index in [0.717, 1.165) is 25.2 Å². The number of ether oxygens (including phenoxy) is 1. The minimum Gasteiger partial charge on any atom is -0.494 e. The summed E-state index contributed by atoms with van der Waals surface area (Å²) in [7, 11) is 0. The Morgan fingerprint density at radius 2 is 1.73 bits per heavy atom. The van der Waals surface area contributed by atoms with Crippen LogP contribution in [0, 0.1) is 0 Å². The lowest BCUT2D eigenvalue weighted by Crippen LogP contribution is -1.98. The second-order valence-corrected chi connectivity index (χ2v) is 3.88. The molecule has 0 aromatic heterocycles. The summed E-state index contributed by atoms with van der Waals surface area (Å²) >= 11 is 0. The van der Waals surface area contributed by atoms with E-state index in [4.69, 9.17) is 4.74 Å². The van der Waals surface area contributed by atoms with Crippen LogP contribution in [-0.2, 0) is 12.8 Å². The van der Waals surface area contributed by atoms with Gasteiger partial charge in [-0.3, -0.25) is 0 Å². The van der Waals surface area contributed by atoms with E-state index in [1.165, 1.54) is 24.0 Å². The second kappa shape index (κ2) is 6.49. The van der Waals surface area contributed by atoms with Crippen molar-refractivity contribution in [3.05, 3.63) is 29.3 Å². The maximum absolute atomic E-state index is 5.68. The average Bonchev–Trinajstić information content (AvgIpc) is 2.23. The van der Waals surface area contributed by atoms with Crippen molar-refractivity contribution in [2.45, 2.75) is 46.5 Å². The largest absolute Gasteiger partial charge is 0.494 e. The van der Waals surface area contributed by atoms with Crippen molar-refractivity contribution in [1.82, 2.24) is 0 Å². The molecule has 0 amide bonds. The summed E-state index contributed by atoms with van der Waals surface area (Å²) in [6.07, 6.45) is 4.63. The molecule has 0 saturated heterocycles. The number of hydrogen-bond acceptors (Lipinski definition) is 1. The molecule has 1 heteroatoms. The smallest absolute Gasteiger partial charge is 0.122 e. The zero-order valence-corrected chi connectivity index (χ0v) is 10.2. The molecule has 84 valence electrons. The zero-order chi connectivity index (χ0) is 11.1. The summed E-state index contributed by atoms with van der Waals surface area (Å²) in [4.78, 5) is 0. The van der Waals surface area contributed by atoms with Crippen LogP contribution in [0.3, 0.4) is 0 Å². The van der Waals surface area contributed by atoms with Gasteiger partial charge in [-0.25, -0.2) is 0 Å². The summed E-state index contributed by atoms with van der Waals surface area (Å²) in [5.74, 6) is 1.09. The Morgan fingerprint density at radius 3 is 2.33 bits per heavy atom. The molecule has 0 bridgehead atoms. The van der Waals surface area contributed by atoms with E-state index in [1.807, 2.05) is 6.92 Å². The lowest BCUT2D eigenvalue weighted by atomic mass is 10.0. The normalized spacial score (nSPS) is 10.3. The monoisotopic (exact) mass is 206 g/mol. The fourth-order valence-electron chi connectivity index (χ4n) is 1.81. The number of hydrogen-bond donors (Lipinski definition) is 0. The number of aryl methyl sites for hydroxylation is 2. The summed E-state index contributed by atoms with van der Waals surface area (Å²) < 4.78 is 5.68. The van der Waals surface area contributed by atoms with Gasteiger partial charge in [0.2, 0.25) is 0 Å². The minimum absolute atomic E-state index is 0.756. The van der Waals surface area contributed by atoms with Gasteiger partial charge >= 0.3 is 0 Å². The molecule has 0 heterocycles. The van der Waals surface area contributed by atoms with E-state index < -0.39 is 0 Å². The highest BCUT2D eigenvalue weighted by Gasteiger charge is 2.03. The van der Waals surface area contributed by atoms with Crippen molar-refractivity contribution in [1.29, 1.82) is 0 Å². The van der Waals surface area contributed by atoms with Gasteiger partial charge in [0.1, 0.15) is 5.75 Å². The lowest BCUT2D eigenvalue weighted by molar-refractivity contribution is 0.336. The van der Waals surface area contributed by atoms with Gasteiger partial charge in [0, 0.05) is 0 Å². The van der Waals surface area contributed by atoms with Gasteiger partial charge in [-0.1, -0.05) is 38.8 Å². The quantitative estimate of drug-likeness (QED) is 0.684. The van der Waals surface area contributed by atoms with Crippen molar-refractivity contribution >= 4 is 0 Å². The summed E-state index contributed by atoms with van der Waals surface area (Å²) in [6.45, 7) is 7.21. The van der Waals surface area contributed by atoms with Crippen LogP contribution >= 0.6 is 0 Å². The van der Waals surface area contributed by atoms with Gasteiger partial charge in [-0.05, 0) is 37.0 Å². The first kappa shape index (κ1) is 12.1. The van der Waals surface area contributed by atoms with Gasteiger partial charge < -0.3 is 4.74 Å². The zero-order valence-electron chi connectivity index (χ0n) is 10.2. The molecule has 0 radical (unpaired) electrons. The molecule has 0 fully saturated rings. The molecule has 1 aromatic rings. The first-order chi connectivity index (χ1) is 7.31. The molecular weight excluding hydrogens is 184 g/mol. The number of benzene rings is 1. The van der Waals surface area contributed by atoms with Crippen LogP contribution in [0.1, 0.15) is 44.7 Å². The maximum atomic E-state index is 5.68. The molecule has 1 aromatic carbocycles. The van der Waals surface area contributed by atoms with Crippen LogP contribution in [0.25, 0.3) is 0 Å². The van der Waals surface area contributed by atoms with Crippen LogP contribution in [0.2, 0.25) is 0 Å². The van der Waals surface area contributed by atoms with E-state index in [0.29, 0.717) is 0 Å². The molecule has 0 aliphatic carbocycles. The Bertz CT molecular complexity index is 291. The lowest BCUT2D eigenvalue weighted by Gasteiger charge is -2.11. The Balaban J connectivity index is 2.87. The molecule has 0 spiro atoms. The van der Waals surface area contributed by atoms with E-state index in [1.54, 1.807) is 0 Å². The van der Waals surface area contributed by atoms with E-state index >= 15 is 0 Å². The summed E-state index contributed by atoms with van der Waals surface area (Å²) in [6, 6.07) is 6.66. The highest BCUT2D eigenvalue weighted by atomic mass is 16.5. The third-order valence-electron chi connectivity index (χ3n) is 2.49. The Morgan fingerprint density at radius 1 is 1.00 bits per heavy atom. The third-order valence-corrected chi connectivity index (χ3v) is 2.49. The van der Waals surface area contributed by atoms with Gasteiger partial charge in [0.15, 0.2) is 0 Å². The molecule has 0 aliphatic heterocycles. The fraction of sp³-hybridized carbons (Fsp3) is 0.571. The highest BCUT2D eigenvalue weighted by molar-refractivity contribution is 5.37. The van der Waals surface area contributed by atoms with Gasteiger partial charge in [-0.15, -0.1) is 0 Å². The standard InChI is InChI=1S/C14H22O/c1-4-7-12-9-10-13(8-5-2)14(11-12)15-6-3/h9-11H,4-8H2,1-3H3. The molecular formula is C14H22O. The molecule has 0 saturated carbocycles. The topological polar surface area (TPSA) is 9.23 Å². The third kappa shape index (κ3) is 3.58. The average molecular weight is 206 g/mol. The van der Waals surface area contributed by atoms with Crippen LogP contribution in [0.15, 0.2) is 18.2 Å². The van der Waals surface area contributed by atoms with Crippen molar-refractivity contribution in [3.8, 4) is 5.75 Å². The Kier molecular flexibility index (Phi) is 5.23. The van der Waals surface area contributed by atoms with Crippen molar-refractivity contribution < 1.29 is 4.74 Å². The molecule has 0 N–H and O–H groups in total. The van der Waals surface area contributed by atoms with Gasteiger partial charge in [-0.2, -0.15) is 0 Å². The Labute approximate surface area is 93.5 Å². The fourth-order valence-corrected chi connectivity index (χ4v) is 1.81.